The number of ether oxygens (including phenoxy) is 4. The molecule has 83 heavy (non-hydrogen) atoms. The minimum Gasteiger partial charge on any atom is -0.545 e. The van der Waals surface area contributed by atoms with Gasteiger partial charge in [0.2, 0.25) is 0 Å². The smallest absolute Gasteiger partial charge is 0.306 e. The van der Waals surface area contributed by atoms with E-state index in [4.69, 9.17) is 18.9 Å². The van der Waals surface area contributed by atoms with Crippen LogP contribution < -0.4 is 5.11 Å². The van der Waals surface area contributed by atoms with Gasteiger partial charge in [0.15, 0.2) is 12.4 Å². The molecule has 0 fully saturated rings. The average Bonchev–Trinajstić information content (AvgIpc) is 3.46. The number of carboxylic acid groups (broad SMARTS) is 1. The first kappa shape index (κ1) is 77.9. The Hall–Kier alpha value is -5.09. The Morgan fingerprint density at radius 3 is 0.964 bits per heavy atom. The summed E-state index contributed by atoms with van der Waals surface area (Å²) >= 11 is 0. The first-order chi connectivity index (χ1) is 40.6. The minimum absolute atomic E-state index is 0.133. The van der Waals surface area contributed by atoms with Crippen molar-refractivity contribution in [1.29, 1.82) is 0 Å². The standard InChI is InChI=1S/C74H119NO8/c1-6-8-10-12-14-16-18-20-22-24-26-28-30-32-34-36-38-40-42-44-46-48-50-52-54-56-58-60-62-64-71(76)81-68-70(69-82-74(73(78)79)80-67-66-75(3,4)5)83-72(77)65-63-61-59-57-55-53-51-49-47-45-43-41-39-37-35-33-31-29-27-25-23-21-19-17-15-13-11-9-7-2/h8-11,14-17,20-23,26-29,32-35,39,41,45,47,51,53,70,74H,6-7,12-13,18-19,24-25,30-31,36-38,40,42-44,46,48-50,52,54-69H2,1-5H3/b10-8-,11-9-,16-14-,17-15-,22-20-,23-21-,28-26-,29-27-,34-32-,35-33-,41-39-,47-45-,53-51-. The molecule has 0 aromatic carbocycles. The van der Waals surface area contributed by atoms with Crippen molar-refractivity contribution in [3.8, 4) is 0 Å². The van der Waals surface area contributed by atoms with E-state index in [1.165, 1.54) is 70.6 Å². The van der Waals surface area contributed by atoms with E-state index in [9.17, 15) is 19.5 Å². The maximum absolute atomic E-state index is 12.9. The summed E-state index contributed by atoms with van der Waals surface area (Å²) in [5.41, 5.74) is 0. The zero-order chi connectivity index (χ0) is 60.5. The summed E-state index contributed by atoms with van der Waals surface area (Å²) in [4.78, 5) is 37.4. The molecule has 2 unspecified atom stereocenters. The second kappa shape index (κ2) is 62.9. The fourth-order valence-corrected chi connectivity index (χ4v) is 8.34. The summed E-state index contributed by atoms with van der Waals surface area (Å²) in [5.74, 6) is -2.33. The molecule has 2 atom stereocenters. The van der Waals surface area contributed by atoms with Crippen LogP contribution in [0.1, 0.15) is 232 Å². The second-order valence-electron chi connectivity index (χ2n) is 22.3. The maximum atomic E-state index is 12.9. The van der Waals surface area contributed by atoms with Gasteiger partial charge in [-0.2, -0.15) is 0 Å². The summed E-state index contributed by atoms with van der Waals surface area (Å²) in [6, 6.07) is 0. The van der Waals surface area contributed by atoms with Gasteiger partial charge in [0.05, 0.1) is 40.3 Å². The molecule has 9 nitrogen and oxygen atoms in total. The number of nitrogens with zero attached hydrogens (tertiary/aromatic N) is 1. The number of allylic oxidation sites excluding steroid dienone is 26. The van der Waals surface area contributed by atoms with Gasteiger partial charge in [0.1, 0.15) is 13.2 Å². The topological polar surface area (TPSA) is 111 Å². The van der Waals surface area contributed by atoms with Crippen LogP contribution in [0.4, 0.5) is 0 Å². The Morgan fingerprint density at radius 2 is 0.651 bits per heavy atom. The van der Waals surface area contributed by atoms with Crippen LogP contribution in [0, 0.1) is 0 Å². The fraction of sp³-hybridized carbons (Fsp3) is 0.608. The van der Waals surface area contributed by atoms with E-state index >= 15 is 0 Å². The van der Waals surface area contributed by atoms with Gasteiger partial charge in [-0.25, -0.2) is 0 Å². The molecule has 0 aliphatic rings. The molecule has 0 saturated carbocycles. The Kier molecular flexibility index (Phi) is 59.1. The van der Waals surface area contributed by atoms with E-state index in [2.05, 4.69) is 172 Å². The van der Waals surface area contributed by atoms with Crippen LogP contribution in [0.3, 0.4) is 0 Å². The lowest BCUT2D eigenvalue weighted by Gasteiger charge is -2.26. The summed E-state index contributed by atoms with van der Waals surface area (Å²) in [6.07, 6.45) is 90.1. The predicted molar refractivity (Wildman–Crippen MR) is 352 cm³/mol. The number of hydrogen-bond donors (Lipinski definition) is 0. The zero-order valence-electron chi connectivity index (χ0n) is 53.2. The van der Waals surface area contributed by atoms with Crippen molar-refractivity contribution < 1.29 is 42.9 Å². The number of likely N-dealkylation sites (N-methyl/N-ethyl adjacent to an activating group) is 1. The number of esters is 2. The molecule has 0 amide bonds. The van der Waals surface area contributed by atoms with Crippen molar-refractivity contribution in [3.63, 3.8) is 0 Å². The van der Waals surface area contributed by atoms with Gasteiger partial charge in [0, 0.05) is 12.8 Å². The second-order valence-corrected chi connectivity index (χ2v) is 22.3. The lowest BCUT2D eigenvalue weighted by molar-refractivity contribution is -0.870. The van der Waals surface area contributed by atoms with Crippen LogP contribution in [-0.4, -0.2) is 82.3 Å². The molecule has 0 heterocycles. The summed E-state index contributed by atoms with van der Waals surface area (Å²) in [7, 11) is 5.91. The van der Waals surface area contributed by atoms with E-state index in [0.717, 1.165) is 128 Å². The van der Waals surface area contributed by atoms with Crippen molar-refractivity contribution in [2.24, 2.45) is 0 Å². The molecule has 9 heteroatoms. The number of hydrogen-bond acceptors (Lipinski definition) is 8. The van der Waals surface area contributed by atoms with Gasteiger partial charge in [-0.05, 0) is 122 Å². The van der Waals surface area contributed by atoms with E-state index in [-0.39, 0.29) is 38.6 Å². The van der Waals surface area contributed by atoms with E-state index in [1.807, 2.05) is 21.1 Å². The predicted octanol–water partition coefficient (Wildman–Crippen LogP) is 18.8. The van der Waals surface area contributed by atoms with Gasteiger partial charge in [-0.3, -0.25) is 9.59 Å². The van der Waals surface area contributed by atoms with Crippen LogP contribution in [0.5, 0.6) is 0 Å². The third kappa shape index (κ3) is 64.3. The highest BCUT2D eigenvalue weighted by Crippen LogP contribution is 2.15. The number of unbranched alkanes of at least 4 members (excludes halogenated alkanes) is 17. The molecule has 0 radical (unpaired) electrons. The number of aliphatic carboxylic acids is 1. The molecule has 0 aromatic rings. The third-order valence-corrected chi connectivity index (χ3v) is 13.3. The minimum atomic E-state index is -1.64. The largest absolute Gasteiger partial charge is 0.545 e. The molecular weight excluding hydrogens is 1030 g/mol. The molecule has 0 aromatic heterocycles. The van der Waals surface area contributed by atoms with Crippen molar-refractivity contribution in [1.82, 2.24) is 0 Å². The van der Waals surface area contributed by atoms with Crippen molar-refractivity contribution in [2.45, 2.75) is 245 Å². The van der Waals surface area contributed by atoms with Crippen molar-refractivity contribution >= 4 is 17.9 Å². The molecule has 0 bridgehead atoms. The molecule has 0 N–H and O–H groups in total. The fourth-order valence-electron chi connectivity index (χ4n) is 8.34. The van der Waals surface area contributed by atoms with E-state index in [1.54, 1.807) is 0 Å². The third-order valence-electron chi connectivity index (χ3n) is 13.3. The van der Waals surface area contributed by atoms with Crippen LogP contribution in [0.15, 0.2) is 158 Å². The first-order valence-electron chi connectivity index (χ1n) is 32.6. The molecule has 468 valence electrons. The normalized spacial score (nSPS) is 13.8. The van der Waals surface area contributed by atoms with Gasteiger partial charge in [-0.15, -0.1) is 0 Å². The zero-order valence-corrected chi connectivity index (χ0v) is 53.2. The van der Waals surface area contributed by atoms with E-state index < -0.39 is 24.3 Å². The maximum Gasteiger partial charge on any atom is 0.306 e. The highest BCUT2D eigenvalue weighted by molar-refractivity contribution is 5.70. The monoisotopic (exact) mass is 1150 g/mol. The summed E-state index contributed by atoms with van der Waals surface area (Å²) < 4.78 is 22.7. The van der Waals surface area contributed by atoms with Gasteiger partial charge < -0.3 is 33.3 Å². The highest BCUT2D eigenvalue weighted by atomic mass is 16.7. The van der Waals surface area contributed by atoms with Crippen molar-refractivity contribution in [3.05, 3.63) is 158 Å². The molecule has 0 aliphatic carbocycles. The number of carbonyl (C=O) groups excluding carboxylic acids is 3. The summed E-state index contributed by atoms with van der Waals surface area (Å²) in [5, 5.41) is 11.8. The summed E-state index contributed by atoms with van der Waals surface area (Å²) in [6.45, 7) is 4.47. The molecule has 0 aliphatic heterocycles. The Morgan fingerprint density at radius 1 is 0.361 bits per heavy atom. The van der Waals surface area contributed by atoms with Crippen LogP contribution >= 0.6 is 0 Å². The van der Waals surface area contributed by atoms with Gasteiger partial charge >= 0.3 is 11.9 Å². The van der Waals surface area contributed by atoms with Gasteiger partial charge in [0.25, 0.3) is 0 Å². The van der Waals surface area contributed by atoms with Crippen LogP contribution in [0.25, 0.3) is 0 Å². The lowest BCUT2D eigenvalue weighted by atomic mass is 10.0. The Labute approximate surface area is 508 Å². The SMILES string of the molecule is CC/C=C\C/C=C\C/C=C\C/C=C\C/C=C\C/C=C\C/C=C\C/C=C\CCCCCCC(=O)OC(COC(=O)CCCCCCCCCCCCCCC/C=C\C/C=C\C/C=C\C/C=C\C/C=C\CC)COC(OCC[N+](C)(C)C)C(=O)[O-]. The molecule has 0 saturated heterocycles. The number of quaternary nitrogens is 1. The highest BCUT2D eigenvalue weighted by Gasteiger charge is 2.22. The molecule has 0 rings (SSSR count). The average molecular weight is 1150 g/mol. The first-order valence-corrected chi connectivity index (χ1v) is 32.6. The quantitative estimate of drug-likeness (QED) is 0.0195. The molecular formula is C74H119NO8. The Balaban J connectivity index is 4.28. The lowest BCUT2D eigenvalue weighted by Crippen LogP contribution is -2.44. The number of rotatable bonds is 58. The Bertz CT molecular complexity index is 1920. The van der Waals surface area contributed by atoms with Crippen molar-refractivity contribution in [2.75, 3.05) is 47.5 Å². The number of carbonyl (C=O) groups is 3. The van der Waals surface area contributed by atoms with Crippen LogP contribution in [-0.2, 0) is 33.3 Å². The van der Waals surface area contributed by atoms with Crippen LogP contribution in [0.2, 0.25) is 0 Å². The number of carboxylic acids is 1. The van der Waals surface area contributed by atoms with Gasteiger partial charge in [-0.1, -0.05) is 255 Å². The van der Waals surface area contributed by atoms with E-state index in [0.29, 0.717) is 17.4 Å². The molecule has 0 spiro atoms.